The van der Waals surface area contributed by atoms with Crippen LogP contribution in [0, 0.1) is 0 Å². The molecule has 0 atom stereocenters. The molecule has 0 aliphatic carbocycles. The van der Waals surface area contributed by atoms with E-state index >= 15 is 0 Å². The summed E-state index contributed by atoms with van der Waals surface area (Å²) in [5.41, 5.74) is -7.12. The second kappa shape index (κ2) is 11.0. The second-order valence-electron chi connectivity index (χ2n) is 11.8. The lowest BCUT2D eigenvalue weighted by Gasteiger charge is -2.33. The normalized spacial score (nSPS) is 20.3. The standard InChI is InChI=1S/C48H28BNO2S/c1-5-16-41-34(12-1)35-13-2-6-17-42(35)50(41)33-11-9-10-29(24-33)31-21-23-45-40(27-31)49-48-39(37-15-4-8-19-47(37)53-49)26-32(28-46(48)52-45)30-20-22-44-38(25-30)36-14-3-7-18-43(36)51-44/h1-28H/i1D,2D,3D,4D,5D,6D,7D,8D,9D,10D,11D,12D,13D,14D,15D,16D,17D,18D,19D,20D,21D,22D,23D,24D,25D,26D,27D,28D. The Morgan fingerprint density at radius 3 is 2.06 bits per heavy atom. The van der Waals surface area contributed by atoms with Crippen molar-refractivity contribution in [3.8, 4) is 50.6 Å². The molecule has 2 aliphatic rings. The number of furan rings is 1. The molecule has 246 valence electrons. The van der Waals surface area contributed by atoms with Gasteiger partial charge in [-0.2, -0.15) is 11.6 Å². The molecule has 0 saturated heterocycles. The van der Waals surface area contributed by atoms with E-state index in [2.05, 4.69) is 0 Å². The number of hydrogen-bond donors (Lipinski definition) is 0. The molecule has 0 amide bonds. The summed E-state index contributed by atoms with van der Waals surface area (Å²) in [6.07, 6.45) is 0. The lowest BCUT2D eigenvalue weighted by atomic mass is 9.57. The van der Waals surface area contributed by atoms with E-state index in [9.17, 15) is 15.1 Å². The number of hydrogen-bond acceptors (Lipinski definition) is 3. The minimum atomic E-state index is -1.56. The first-order valence-corrected chi connectivity index (χ1v) is 16.6. The molecule has 2 aliphatic heterocycles. The number of fused-ring (bicyclic) bond motifs is 10. The summed E-state index contributed by atoms with van der Waals surface area (Å²) < 4.78 is 266. The third kappa shape index (κ3) is 4.32. The van der Waals surface area contributed by atoms with Gasteiger partial charge in [-0.3, -0.25) is 0 Å². The Bertz CT molecular complexity index is 4690. The van der Waals surface area contributed by atoms with Gasteiger partial charge in [0.1, 0.15) is 22.7 Å². The lowest BCUT2D eigenvalue weighted by Crippen LogP contribution is -2.46. The summed E-state index contributed by atoms with van der Waals surface area (Å²) in [4.78, 5) is -0.264. The highest BCUT2D eigenvalue weighted by atomic mass is 32.2. The van der Waals surface area contributed by atoms with Crippen molar-refractivity contribution in [2.24, 2.45) is 0 Å². The van der Waals surface area contributed by atoms with Crippen molar-refractivity contribution in [2.75, 3.05) is 0 Å². The fraction of sp³-hybridized carbons (Fsp3) is 0. The molecule has 5 heteroatoms. The predicted octanol–water partition coefficient (Wildman–Crippen LogP) is 12.0. The smallest absolute Gasteiger partial charge is 0.289 e. The fourth-order valence-corrected chi connectivity index (χ4v) is 7.90. The molecule has 4 heterocycles. The van der Waals surface area contributed by atoms with Crippen molar-refractivity contribution in [1.29, 1.82) is 0 Å². The van der Waals surface area contributed by atoms with E-state index in [-0.39, 0.29) is 21.3 Å². The summed E-state index contributed by atoms with van der Waals surface area (Å²) in [5, 5.41) is -1.67. The number of rotatable bonds is 3. The summed E-state index contributed by atoms with van der Waals surface area (Å²) in [7, 11) is 0. The van der Waals surface area contributed by atoms with E-state index in [0.29, 0.717) is 11.6 Å². The topological polar surface area (TPSA) is 27.3 Å². The minimum Gasteiger partial charge on any atom is -0.458 e. The maximum Gasteiger partial charge on any atom is 0.289 e. The SMILES string of the molecule is [2H]c1c([2H])c([2H])c2c(c1[2H])SB1c3c([2H])c(-c4c([2H])c([2H])c([2H])c(-n5c6c([2H])c([2H])c([2H])c([2H])c6c6c([2H])c([2H])c([2H])c([2H])c65)c4[2H])c([2H])c([2H])c3Oc3c([2H])c(-c4c([2H])c([2H])c5oc6c([2H])c([2H])c([2H])c([2H])c6c5c4[2H])c([2H])c-2c31. The average molecular weight is 722 g/mol. The lowest BCUT2D eigenvalue weighted by molar-refractivity contribution is 0.488. The van der Waals surface area contributed by atoms with Crippen LogP contribution in [0.5, 0.6) is 11.5 Å². The van der Waals surface area contributed by atoms with E-state index < -0.39 is 264 Å². The first-order chi connectivity index (χ1) is 37.9. The van der Waals surface area contributed by atoms with Gasteiger partial charge < -0.3 is 13.7 Å². The Morgan fingerprint density at radius 1 is 0.491 bits per heavy atom. The van der Waals surface area contributed by atoms with Crippen LogP contribution < -0.4 is 15.7 Å². The van der Waals surface area contributed by atoms with Crippen LogP contribution in [0.15, 0.2) is 179 Å². The Balaban J connectivity index is 1.18. The monoisotopic (exact) mass is 721 g/mol. The highest BCUT2D eigenvalue weighted by Crippen LogP contribution is 2.46. The van der Waals surface area contributed by atoms with Gasteiger partial charge in [0, 0.05) is 32.1 Å². The molecule has 0 fully saturated rings. The Morgan fingerprint density at radius 2 is 1.19 bits per heavy atom. The van der Waals surface area contributed by atoms with Crippen molar-refractivity contribution < 1.29 is 47.5 Å². The third-order valence-corrected chi connectivity index (χ3v) is 10.2. The van der Waals surface area contributed by atoms with E-state index in [1.54, 1.807) is 0 Å². The molecule has 3 nitrogen and oxygen atoms in total. The van der Waals surface area contributed by atoms with Crippen molar-refractivity contribution in [2.45, 2.75) is 4.90 Å². The predicted molar refractivity (Wildman–Crippen MR) is 222 cm³/mol. The number of benzene rings is 8. The van der Waals surface area contributed by atoms with E-state index in [0.717, 1.165) is 4.57 Å². The van der Waals surface area contributed by atoms with Crippen LogP contribution in [-0.2, 0) is 0 Å². The number of aromatic nitrogens is 1. The molecule has 0 radical (unpaired) electrons. The van der Waals surface area contributed by atoms with Crippen LogP contribution in [0.1, 0.15) is 38.4 Å². The molecule has 12 rings (SSSR count). The minimum absolute atomic E-state index is 0.234. The maximum atomic E-state index is 9.97. The van der Waals surface area contributed by atoms with Crippen LogP contribution in [0.2, 0.25) is 0 Å². The summed E-state index contributed by atoms with van der Waals surface area (Å²) in [5.74, 6) is -2.77. The molecule has 0 spiro atoms. The largest absolute Gasteiger partial charge is 0.458 e. The van der Waals surface area contributed by atoms with Gasteiger partial charge >= 0.3 is 0 Å². The molecular weight excluding hydrogens is 665 g/mol. The highest BCUT2D eigenvalue weighted by molar-refractivity contribution is 8.28. The Kier molecular flexibility index (Phi) is 2.75. The number of nitrogens with zero attached hydrogens (tertiary/aromatic N) is 1. The van der Waals surface area contributed by atoms with Crippen LogP contribution >= 0.6 is 11.6 Å². The molecule has 0 N–H and O–H groups in total. The zero-order valence-electron chi connectivity index (χ0n) is 54.2. The molecule has 0 saturated carbocycles. The second-order valence-corrected chi connectivity index (χ2v) is 12.9. The first-order valence-electron chi connectivity index (χ1n) is 29.8. The molecule has 8 aromatic carbocycles. The number of para-hydroxylation sites is 3. The van der Waals surface area contributed by atoms with Gasteiger partial charge in [-0.25, -0.2) is 0 Å². The van der Waals surface area contributed by atoms with Gasteiger partial charge in [0.2, 0.25) is 0 Å². The van der Waals surface area contributed by atoms with Gasteiger partial charge in [0.25, 0.3) is 5.99 Å². The summed E-state index contributed by atoms with van der Waals surface area (Å²) in [6, 6.07) is -22.9. The highest BCUT2D eigenvalue weighted by Gasteiger charge is 2.39. The van der Waals surface area contributed by atoms with Gasteiger partial charge in [-0.05, 0) is 111 Å². The van der Waals surface area contributed by atoms with E-state index in [4.69, 9.17) is 32.5 Å². The zero-order chi connectivity index (χ0) is 59.0. The molecule has 0 bridgehead atoms. The van der Waals surface area contributed by atoms with Gasteiger partial charge in [-0.1, -0.05) is 103 Å². The summed E-state index contributed by atoms with van der Waals surface area (Å²) >= 11 is 0.652. The van der Waals surface area contributed by atoms with Crippen molar-refractivity contribution in [3.63, 3.8) is 0 Å². The molecule has 10 aromatic rings. The molecule has 2 aromatic heterocycles. The van der Waals surface area contributed by atoms with Gasteiger partial charge in [0.05, 0.1) is 49.4 Å². The summed E-state index contributed by atoms with van der Waals surface area (Å²) in [6.45, 7) is 0. The van der Waals surface area contributed by atoms with Crippen LogP contribution in [0.3, 0.4) is 0 Å². The van der Waals surface area contributed by atoms with E-state index in [1.165, 1.54) is 0 Å². The maximum absolute atomic E-state index is 9.97. The zero-order valence-corrected chi connectivity index (χ0v) is 27.1. The van der Waals surface area contributed by atoms with Crippen molar-refractivity contribution >= 4 is 72.3 Å². The van der Waals surface area contributed by atoms with Crippen LogP contribution in [-0.4, -0.2) is 10.6 Å². The Labute approximate surface area is 349 Å². The van der Waals surface area contributed by atoms with Crippen LogP contribution in [0.25, 0.3) is 82.8 Å². The third-order valence-electron chi connectivity index (χ3n) is 8.93. The molecule has 53 heavy (non-hydrogen) atoms. The van der Waals surface area contributed by atoms with Crippen LogP contribution in [0.4, 0.5) is 0 Å². The van der Waals surface area contributed by atoms with Crippen molar-refractivity contribution in [1.82, 2.24) is 4.57 Å². The van der Waals surface area contributed by atoms with E-state index in [1.807, 2.05) is 0 Å². The Hall–Kier alpha value is -6.43. The van der Waals surface area contributed by atoms with Crippen molar-refractivity contribution in [3.05, 3.63) is 169 Å². The fourth-order valence-electron chi connectivity index (χ4n) is 6.66. The van der Waals surface area contributed by atoms with Gasteiger partial charge in [0.15, 0.2) is 0 Å². The van der Waals surface area contributed by atoms with Gasteiger partial charge in [-0.15, -0.1) is 0 Å². The molecular formula is C48H28BNO2S. The quantitative estimate of drug-likeness (QED) is 0.170. The average Bonchev–Trinajstić information content (AvgIpc) is 3.74. The first kappa shape index (κ1) is 13.2. The molecule has 0 unspecified atom stereocenters. The number of ether oxygens (including phenoxy) is 1.